The van der Waals surface area contributed by atoms with Crippen LogP contribution in [0.25, 0.3) is 0 Å². The molecule has 3 rings (SSSR count). The van der Waals surface area contributed by atoms with E-state index in [0.717, 1.165) is 43.9 Å². The molecule has 1 atom stereocenters. The Morgan fingerprint density at radius 3 is 2.12 bits per heavy atom. The second-order valence-corrected chi connectivity index (χ2v) is 6.64. The molecule has 0 N–H and O–H groups in total. The summed E-state index contributed by atoms with van der Waals surface area (Å²) in [7, 11) is 2.10. The van der Waals surface area contributed by atoms with Gasteiger partial charge in [-0.15, -0.1) is 0 Å². The van der Waals surface area contributed by atoms with Gasteiger partial charge in [-0.05, 0) is 36.9 Å². The first-order chi connectivity index (χ1) is 12.4. The number of alkyl halides is 3. The van der Waals surface area contributed by atoms with Gasteiger partial charge in [0.25, 0.3) is 0 Å². The van der Waals surface area contributed by atoms with E-state index in [2.05, 4.69) is 16.8 Å². The zero-order chi connectivity index (χ0) is 18.6. The lowest BCUT2D eigenvalue weighted by Gasteiger charge is -2.34. The molecule has 3 nitrogen and oxygen atoms in total. The van der Waals surface area contributed by atoms with Crippen molar-refractivity contribution in [2.24, 2.45) is 0 Å². The standard InChI is InChI=1S/C20H23F3N2O/c1-24-11-13-25(14-12-24)15-19(16-5-3-2-4-6-16)26-18-9-7-17(8-10-18)20(21,22)23/h2-10,19H,11-15H2,1H3. The molecule has 2 aromatic rings. The molecule has 0 radical (unpaired) electrons. The third-order valence-corrected chi connectivity index (χ3v) is 4.65. The summed E-state index contributed by atoms with van der Waals surface area (Å²) in [6.07, 6.45) is -4.56. The Balaban J connectivity index is 1.73. The van der Waals surface area contributed by atoms with Crippen molar-refractivity contribution in [2.45, 2.75) is 12.3 Å². The quantitative estimate of drug-likeness (QED) is 0.795. The summed E-state index contributed by atoms with van der Waals surface area (Å²) in [6.45, 7) is 4.62. The molecule has 0 saturated carbocycles. The highest BCUT2D eigenvalue weighted by molar-refractivity contribution is 5.30. The van der Waals surface area contributed by atoms with Crippen molar-refractivity contribution in [1.82, 2.24) is 9.80 Å². The Labute approximate surface area is 152 Å². The first-order valence-corrected chi connectivity index (χ1v) is 8.71. The number of likely N-dealkylation sites (N-methyl/N-ethyl adjacent to an activating group) is 1. The Hall–Kier alpha value is -2.05. The molecule has 0 spiro atoms. The highest BCUT2D eigenvalue weighted by atomic mass is 19.4. The van der Waals surface area contributed by atoms with Crippen molar-refractivity contribution in [1.29, 1.82) is 0 Å². The van der Waals surface area contributed by atoms with E-state index in [9.17, 15) is 13.2 Å². The van der Waals surface area contributed by atoms with Crippen LogP contribution in [0.1, 0.15) is 17.2 Å². The first kappa shape index (κ1) is 18.7. The van der Waals surface area contributed by atoms with E-state index in [1.54, 1.807) is 0 Å². The number of hydrogen-bond acceptors (Lipinski definition) is 3. The molecule has 0 amide bonds. The summed E-state index contributed by atoms with van der Waals surface area (Å²) in [5, 5.41) is 0. The van der Waals surface area contributed by atoms with Crippen molar-refractivity contribution in [3.05, 3.63) is 65.7 Å². The van der Waals surface area contributed by atoms with Gasteiger partial charge >= 0.3 is 6.18 Å². The van der Waals surface area contributed by atoms with Gasteiger partial charge in [0.1, 0.15) is 11.9 Å². The highest BCUT2D eigenvalue weighted by Gasteiger charge is 2.30. The van der Waals surface area contributed by atoms with Crippen molar-refractivity contribution < 1.29 is 17.9 Å². The fraction of sp³-hybridized carbons (Fsp3) is 0.400. The SMILES string of the molecule is CN1CCN(CC(Oc2ccc(C(F)(F)F)cc2)c2ccccc2)CC1. The molecule has 1 unspecified atom stereocenters. The van der Waals surface area contributed by atoms with E-state index in [1.807, 2.05) is 30.3 Å². The summed E-state index contributed by atoms with van der Waals surface area (Å²) >= 11 is 0. The number of rotatable bonds is 5. The smallest absolute Gasteiger partial charge is 0.416 e. The summed E-state index contributed by atoms with van der Waals surface area (Å²) in [6, 6.07) is 14.7. The van der Waals surface area contributed by atoms with Gasteiger partial charge in [0, 0.05) is 32.7 Å². The maximum absolute atomic E-state index is 12.7. The maximum Gasteiger partial charge on any atom is 0.416 e. The second-order valence-electron chi connectivity index (χ2n) is 6.64. The number of hydrogen-bond donors (Lipinski definition) is 0. The number of nitrogens with zero attached hydrogens (tertiary/aromatic N) is 2. The van der Waals surface area contributed by atoms with Gasteiger partial charge in [-0.3, -0.25) is 4.90 Å². The van der Waals surface area contributed by atoms with Crippen LogP contribution in [0.5, 0.6) is 5.75 Å². The molecular formula is C20H23F3N2O. The number of piperazine rings is 1. The minimum absolute atomic E-state index is 0.226. The van der Waals surface area contributed by atoms with Crippen molar-refractivity contribution >= 4 is 0 Å². The average molecular weight is 364 g/mol. The van der Waals surface area contributed by atoms with E-state index < -0.39 is 11.7 Å². The summed E-state index contributed by atoms with van der Waals surface area (Å²) in [5.41, 5.74) is 0.353. The molecular weight excluding hydrogens is 341 g/mol. The monoisotopic (exact) mass is 364 g/mol. The molecule has 140 valence electrons. The molecule has 1 fully saturated rings. The minimum atomic E-state index is -4.34. The fourth-order valence-electron chi connectivity index (χ4n) is 3.03. The van der Waals surface area contributed by atoms with Crippen molar-refractivity contribution in [2.75, 3.05) is 39.8 Å². The van der Waals surface area contributed by atoms with Crippen LogP contribution < -0.4 is 4.74 Å². The molecule has 2 aromatic carbocycles. The Morgan fingerprint density at radius 2 is 1.54 bits per heavy atom. The van der Waals surface area contributed by atoms with Gasteiger partial charge < -0.3 is 9.64 Å². The van der Waals surface area contributed by atoms with Crippen LogP contribution in [0.2, 0.25) is 0 Å². The van der Waals surface area contributed by atoms with Gasteiger partial charge in [0.15, 0.2) is 0 Å². The molecule has 1 heterocycles. The largest absolute Gasteiger partial charge is 0.484 e. The number of ether oxygens (including phenoxy) is 1. The molecule has 0 aliphatic carbocycles. The lowest BCUT2D eigenvalue weighted by Crippen LogP contribution is -2.46. The van der Waals surface area contributed by atoms with E-state index in [0.29, 0.717) is 12.3 Å². The zero-order valence-electron chi connectivity index (χ0n) is 14.7. The van der Waals surface area contributed by atoms with E-state index >= 15 is 0 Å². The Kier molecular flexibility index (Phi) is 5.84. The predicted octanol–water partition coefficient (Wildman–Crippen LogP) is 4.07. The van der Waals surface area contributed by atoms with Crippen molar-refractivity contribution in [3.63, 3.8) is 0 Å². The van der Waals surface area contributed by atoms with Gasteiger partial charge in [-0.2, -0.15) is 13.2 Å². The van der Waals surface area contributed by atoms with Crippen LogP contribution in [0, 0.1) is 0 Å². The number of benzene rings is 2. The zero-order valence-corrected chi connectivity index (χ0v) is 14.7. The fourth-order valence-corrected chi connectivity index (χ4v) is 3.03. The summed E-state index contributed by atoms with van der Waals surface area (Å²) < 4.78 is 44.3. The van der Waals surface area contributed by atoms with Crippen LogP contribution >= 0.6 is 0 Å². The van der Waals surface area contributed by atoms with Crippen LogP contribution in [-0.2, 0) is 6.18 Å². The van der Waals surface area contributed by atoms with Gasteiger partial charge in [0.2, 0.25) is 0 Å². The first-order valence-electron chi connectivity index (χ1n) is 8.71. The maximum atomic E-state index is 12.7. The molecule has 26 heavy (non-hydrogen) atoms. The predicted molar refractivity (Wildman–Crippen MR) is 95.2 cm³/mol. The molecule has 0 aromatic heterocycles. The topological polar surface area (TPSA) is 15.7 Å². The van der Waals surface area contributed by atoms with Crippen molar-refractivity contribution in [3.8, 4) is 5.75 Å². The highest BCUT2D eigenvalue weighted by Crippen LogP contribution is 2.31. The lowest BCUT2D eigenvalue weighted by molar-refractivity contribution is -0.137. The molecule has 1 saturated heterocycles. The lowest BCUT2D eigenvalue weighted by atomic mass is 10.1. The van der Waals surface area contributed by atoms with E-state index in [1.165, 1.54) is 12.1 Å². The van der Waals surface area contributed by atoms with Gasteiger partial charge in [-0.1, -0.05) is 30.3 Å². The third kappa shape index (κ3) is 4.99. The van der Waals surface area contributed by atoms with Gasteiger partial charge in [-0.25, -0.2) is 0 Å². The van der Waals surface area contributed by atoms with Crippen LogP contribution in [0.3, 0.4) is 0 Å². The summed E-state index contributed by atoms with van der Waals surface area (Å²) in [5.74, 6) is 0.445. The summed E-state index contributed by atoms with van der Waals surface area (Å²) in [4.78, 5) is 4.62. The normalized spacial score (nSPS) is 17.8. The molecule has 1 aliphatic heterocycles. The van der Waals surface area contributed by atoms with E-state index in [-0.39, 0.29) is 6.10 Å². The third-order valence-electron chi connectivity index (χ3n) is 4.65. The second kappa shape index (κ2) is 8.10. The molecule has 0 bridgehead atoms. The minimum Gasteiger partial charge on any atom is -0.484 e. The Bertz CT molecular complexity index is 680. The van der Waals surface area contributed by atoms with Crippen LogP contribution in [0.15, 0.2) is 54.6 Å². The molecule has 6 heteroatoms. The van der Waals surface area contributed by atoms with Crippen LogP contribution in [-0.4, -0.2) is 49.6 Å². The van der Waals surface area contributed by atoms with Crippen LogP contribution in [0.4, 0.5) is 13.2 Å². The molecule has 1 aliphatic rings. The Morgan fingerprint density at radius 1 is 0.923 bits per heavy atom. The van der Waals surface area contributed by atoms with Gasteiger partial charge in [0.05, 0.1) is 5.56 Å². The number of halogens is 3. The van der Waals surface area contributed by atoms with E-state index in [4.69, 9.17) is 4.74 Å². The average Bonchev–Trinajstić information content (AvgIpc) is 2.63.